The number of rotatable bonds is 2. The van der Waals surface area contributed by atoms with E-state index in [-0.39, 0.29) is 16.9 Å². The van der Waals surface area contributed by atoms with Crippen molar-refractivity contribution in [2.24, 2.45) is 0 Å². The predicted molar refractivity (Wildman–Crippen MR) is 51.2 cm³/mol. The van der Waals surface area contributed by atoms with E-state index in [9.17, 15) is 4.79 Å². The fourth-order valence-electron chi connectivity index (χ4n) is 0.799. The van der Waals surface area contributed by atoms with Crippen molar-refractivity contribution in [1.29, 1.82) is 0 Å². The van der Waals surface area contributed by atoms with E-state index in [1.165, 1.54) is 18.2 Å². The minimum atomic E-state index is -0.143. The van der Waals surface area contributed by atoms with Crippen LogP contribution in [0.4, 0.5) is 0 Å². The molecule has 0 heterocycles. The second-order valence-electron chi connectivity index (χ2n) is 2.22. The molecule has 4 heteroatoms. The Bertz CT molecular complexity index is 312. The van der Waals surface area contributed by atoms with E-state index >= 15 is 0 Å². The Morgan fingerprint density at radius 2 is 2.25 bits per heavy atom. The van der Waals surface area contributed by atoms with Gasteiger partial charge in [-0.2, -0.15) is 0 Å². The molecular formula is C8H6BrClO2. The smallest absolute Gasteiger partial charge is 0.175 e. The van der Waals surface area contributed by atoms with Gasteiger partial charge in [-0.05, 0) is 18.2 Å². The number of hydrogen-bond donors (Lipinski definition) is 1. The summed E-state index contributed by atoms with van der Waals surface area (Å²) in [5.41, 5.74) is 0.341. The number of alkyl halides is 1. The van der Waals surface area contributed by atoms with Crippen LogP contribution in [0, 0.1) is 0 Å². The van der Waals surface area contributed by atoms with E-state index in [2.05, 4.69) is 15.9 Å². The number of halogens is 2. The van der Waals surface area contributed by atoms with Crippen molar-refractivity contribution in [1.82, 2.24) is 0 Å². The average molecular weight is 249 g/mol. The van der Waals surface area contributed by atoms with E-state index in [4.69, 9.17) is 16.7 Å². The number of aromatic hydroxyl groups is 1. The topological polar surface area (TPSA) is 37.3 Å². The summed E-state index contributed by atoms with van der Waals surface area (Å²) in [5.74, 6) is -0.0976. The Hall–Kier alpha value is -0.540. The Kier molecular flexibility index (Phi) is 3.12. The molecule has 64 valence electrons. The zero-order valence-electron chi connectivity index (χ0n) is 6.05. The highest BCUT2D eigenvalue weighted by Gasteiger charge is 2.08. The van der Waals surface area contributed by atoms with Crippen molar-refractivity contribution < 1.29 is 9.90 Å². The van der Waals surface area contributed by atoms with Gasteiger partial charge in [-0.15, -0.1) is 0 Å². The van der Waals surface area contributed by atoms with Gasteiger partial charge in [0.25, 0.3) is 0 Å². The van der Waals surface area contributed by atoms with Crippen LogP contribution in [-0.4, -0.2) is 16.2 Å². The number of benzene rings is 1. The first kappa shape index (κ1) is 9.55. The Balaban J connectivity index is 3.13. The van der Waals surface area contributed by atoms with Gasteiger partial charge in [-0.25, -0.2) is 0 Å². The van der Waals surface area contributed by atoms with Gasteiger partial charge in [0.15, 0.2) is 5.78 Å². The largest absolute Gasteiger partial charge is 0.508 e. The van der Waals surface area contributed by atoms with Gasteiger partial charge in [0.1, 0.15) is 5.75 Å². The first-order valence-corrected chi connectivity index (χ1v) is 4.72. The molecule has 0 aliphatic rings. The third-order valence-electron chi connectivity index (χ3n) is 1.37. The van der Waals surface area contributed by atoms with Crippen molar-refractivity contribution in [2.45, 2.75) is 0 Å². The fraction of sp³-hybridized carbons (Fsp3) is 0.125. The SMILES string of the molecule is O=C(CBr)c1cc(O)ccc1Cl. The quantitative estimate of drug-likeness (QED) is 0.646. The number of hydrogen-bond acceptors (Lipinski definition) is 2. The molecular weight excluding hydrogens is 243 g/mol. The molecule has 0 aromatic heterocycles. The Morgan fingerprint density at radius 1 is 1.58 bits per heavy atom. The molecule has 0 aliphatic carbocycles. The van der Waals surface area contributed by atoms with Crippen molar-refractivity contribution in [3.05, 3.63) is 28.8 Å². The minimum Gasteiger partial charge on any atom is -0.508 e. The standard InChI is InChI=1S/C8H6BrClO2/c9-4-8(12)6-3-5(11)1-2-7(6)10/h1-3,11H,4H2. The van der Waals surface area contributed by atoms with Crippen LogP contribution >= 0.6 is 27.5 Å². The van der Waals surface area contributed by atoms with Crippen molar-refractivity contribution in [3.8, 4) is 5.75 Å². The number of Topliss-reactive ketones (excluding diaryl/α,β-unsaturated/α-hetero) is 1. The van der Waals surface area contributed by atoms with Gasteiger partial charge in [0.2, 0.25) is 0 Å². The molecule has 1 aromatic carbocycles. The first-order chi connectivity index (χ1) is 5.65. The summed E-state index contributed by atoms with van der Waals surface area (Å²) in [6, 6.07) is 4.28. The molecule has 0 atom stereocenters. The van der Waals surface area contributed by atoms with E-state index in [0.29, 0.717) is 10.6 Å². The van der Waals surface area contributed by atoms with Gasteiger partial charge >= 0.3 is 0 Å². The molecule has 12 heavy (non-hydrogen) atoms. The molecule has 1 N–H and O–H groups in total. The summed E-state index contributed by atoms with van der Waals surface area (Å²) < 4.78 is 0. The summed E-state index contributed by atoms with van der Waals surface area (Å²) in [7, 11) is 0. The van der Waals surface area contributed by atoms with Crippen molar-refractivity contribution in [3.63, 3.8) is 0 Å². The second-order valence-corrected chi connectivity index (χ2v) is 3.19. The van der Waals surface area contributed by atoms with E-state index in [0.717, 1.165) is 0 Å². The molecule has 0 amide bonds. The second kappa shape index (κ2) is 3.92. The summed E-state index contributed by atoms with van der Waals surface area (Å²) in [4.78, 5) is 11.1. The lowest BCUT2D eigenvalue weighted by Gasteiger charge is -2.00. The van der Waals surface area contributed by atoms with Gasteiger partial charge in [0, 0.05) is 5.56 Å². The Labute approximate surface area is 83.3 Å². The molecule has 1 rings (SSSR count). The lowest BCUT2D eigenvalue weighted by molar-refractivity contribution is 0.102. The normalized spacial score (nSPS) is 9.83. The first-order valence-electron chi connectivity index (χ1n) is 3.23. The molecule has 1 aromatic rings. The van der Waals surface area contributed by atoms with Crippen molar-refractivity contribution in [2.75, 3.05) is 5.33 Å². The van der Waals surface area contributed by atoms with Gasteiger partial charge < -0.3 is 5.11 Å². The molecule has 0 spiro atoms. The van der Waals surface area contributed by atoms with Crippen LogP contribution < -0.4 is 0 Å². The van der Waals surface area contributed by atoms with Crippen LogP contribution in [0.2, 0.25) is 5.02 Å². The zero-order valence-corrected chi connectivity index (χ0v) is 8.39. The maximum Gasteiger partial charge on any atom is 0.175 e. The molecule has 0 saturated heterocycles. The lowest BCUT2D eigenvalue weighted by Crippen LogP contribution is -2.00. The molecule has 0 radical (unpaired) electrons. The molecule has 0 aliphatic heterocycles. The molecule has 0 bridgehead atoms. The third-order valence-corrected chi connectivity index (χ3v) is 2.21. The van der Waals surface area contributed by atoms with E-state index in [1.54, 1.807) is 0 Å². The highest BCUT2D eigenvalue weighted by atomic mass is 79.9. The maximum atomic E-state index is 11.1. The third kappa shape index (κ3) is 1.99. The predicted octanol–water partition coefficient (Wildman–Crippen LogP) is 2.62. The molecule has 0 unspecified atom stereocenters. The number of ketones is 1. The Morgan fingerprint density at radius 3 is 2.83 bits per heavy atom. The number of carbonyl (C=O) groups is 1. The molecule has 2 nitrogen and oxygen atoms in total. The van der Waals surface area contributed by atoms with Gasteiger partial charge in [-0.3, -0.25) is 4.79 Å². The van der Waals surface area contributed by atoms with E-state index < -0.39 is 0 Å². The molecule has 0 saturated carbocycles. The highest BCUT2D eigenvalue weighted by Crippen LogP contribution is 2.21. The average Bonchev–Trinajstić information content (AvgIpc) is 2.08. The minimum absolute atomic E-state index is 0.0451. The number of phenolic OH excluding ortho intramolecular Hbond substituents is 1. The molecule has 0 fully saturated rings. The van der Waals surface area contributed by atoms with Crippen LogP contribution in [0.1, 0.15) is 10.4 Å². The summed E-state index contributed by atoms with van der Waals surface area (Å²) >= 11 is 8.74. The van der Waals surface area contributed by atoms with E-state index in [1.807, 2.05) is 0 Å². The van der Waals surface area contributed by atoms with Crippen molar-refractivity contribution >= 4 is 33.3 Å². The summed E-state index contributed by atoms with van der Waals surface area (Å²) in [5, 5.41) is 9.62. The van der Waals surface area contributed by atoms with Gasteiger partial charge in [-0.1, -0.05) is 27.5 Å². The summed E-state index contributed by atoms with van der Waals surface area (Å²) in [6.07, 6.45) is 0. The fourth-order valence-corrected chi connectivity index (χ4v) is 1.32. The van der Waals surface area contributed by atoms with Crippen LogP contribution in [0.15, 0.2) is 18.2 Å². The van der Waals surface area contributed by atoms with Crippen LogP contribution in [0.5, 0.6) is 5.75 Å². The van der Waals surface area contributed by atoms with Gasteiger partial charge in [0.05, 0.1) is 10.4 Å². The van der Waals surface area contributed by atoms with Crippen LogP contribution in [0.3, 0.4) is 0 Å². The number of phenols is 1. The summed E-state index contributed by atoms with van der Waals surface area (Å²) in [6.45, 7) is 0. The lowest BCUT2D eigenvalue weighted by atomic mass is 10.1. The van der Waals surface area contributed by atoms with Crippen LogP contribution in [0.25, 0.3) is 0 Å². The zero-order chi connectivity index (χ0) is 9.14. The number of carbonyl (C=O) groups excluding carboxylic acids is 1. The van der Waals surface area contributed by atoms with Crippen LogP contribution in [-0.2, 0) is 0 Å². The maximum absolute atomic E-state index is 11.1. The monoisotopic (exact) mass is 248 g/mol. The highest BCUT2D eigenvalue weighted by molar-refractivity contribution is 9.09.